The summed E-state index contributed by atoms with van der Waals surface area (Å²) < 4.78 is 2.65. The van der Waals surface area contributed by atoms with Gasteiger partial charge in [0.1, 0.15) is 11.5 Å². The molecular weight excluding hydrogens is 243 g/mol. The number of aryl methyl sites for hydroxylation is 1. The average molecular weight is 250 g/mol. The molecule has 0 bridgehead atoms. The molecule has 0 atom stereocenters. The van der Waals surface area contributed by atoms with E-state index in [-0.39, 0.29) is 5.84 Å². The third kappa shape index (κ3) is 1.28. The molecule has 4 nitrogen and oxygen atoms in total. The van der Waals surface area contributed by atoms with Crippen LogP contribution in [0.4, 0.5) is 0 Å². The van der Waals surface area contributed by atoms with Gasteiger partial charge in [-0.3, -0.25) is 10.1 Å². The third-order valence-corrected chi connectivity index (χ3v) is 2.11. The minimum absolute atomic E-state index is 0.0125. The number of nitrogens with one attached hydrogen (secondary N) is 1. The molecule has 0 spiro atoms. The lowest BCUT2D eigenvalue weighted by atomic mass is 10.4. The first kappa shape index (κ1) is 7.52. The summed E-state index contributed by atoms with van der Waals surface area (Å²) in [6, 6.07) is 1.77. The van der Waals surface area contributed by atoms with Crippen molar-refractivity contribution in [2.45, 2.75) is 0 Å². The average Bonchev–Trinajstić information content (AvgIpc) is 2.13. The molecule has 0 radical (unpaired) electrons. The fraction of sp³-hybridized carbons (Fsp3) is 0.200. The molecule has 5 heteroatoms. The summed E-state index contributed by atoms with van der Waals surface area (Å²) in [5.74, 6) is 0.0125. The smallest absolute Gasteiger partial charge is 0.143 e. The number of halogens is 1. The Labute approximate surface area is 72.1 Å². The van der Waals surface area contributed by atoms with Gasteiger partial charge in [0, 0.05) is 13.1 Å². The predicted octanol–water partition coefficient (Wildman–Crippen LogP) is 0.309. The highest BCUT2D eigenvalue weighted by Gasteiger charge is 2.02. The monoisotopic (exact) mass is 250 g/mol. The molecular formula is C5H7IN4. The lowest BCUT2D eigenvalue weighted by molar-refractivity contribution is 0.744. The Morgan fingerprint density at radius 3 is 2.70 bits per heavy atom. The molecule has 0 saturated heterocycles. The second-order valence-electron chi connectivity index (χ2n) is 1.89. The Bertz CT molecular complexity index is 245. The summed E-state index contributed by atoms with van der Waals surface area (Å²) >= 11 is 2.13. The van der Waals surface area contributed by atoms with Crippen molar-refractivity contribution in [2.24, 2.45) is 12.8 Å². The van der Waals surface area contributed by atoms with E-state index in [0.29, 0.717) is 5.69 Å². The van der Waals surface area contributed by atoms with E-state index in [0.717, 1.165) is 3.70 Å². The minimum atomic E-state index is 0.0125. The standard InChI is InChI=1S/C5H7IN4/c1-10-4(6)2-3(9-10)5(7)8/h2H,1H3,(H3,7,8). The van der Waals surface area contributed by atoms with Crippen LogP contribution >= 0.6 is 22.6 Å². The summed E-state index contributed by atoms with van der Waals surface area (Å²) in [7, 11) is 1.81. The normalized spacial score (nSPS) is 9.80. The number of amidine groups is 1. The Morgan fingerprint density at radius 2 is 2.50 bits per heavy atom. The van der Waals surface area contributed by atoms with Crippen molar-refractivity contribution in [3.05, 3.63) is 15.5 Å². The zero-order valence-corrected chi connectivity index (χ0v) is 7.58. The van der Waals surface area contributed by atoms with Crippen molar-refractivity contribution < 1.29 is 0 Å². The molecule has 54 valence electrons. The second-order valence-corrected chi connectivity index (χ2v) is 2.99. The molecule has 0 unspecified atom stereocenters. The van der Waals surface area contributed by atoms with E-state index in [1.54, 1.807) is 10.7 Å². The van der Waals surface area contributed by atoms with Gasteiger partial charge in [0.15, 0.2) is 0 Å². The Kier molecular flexibility index (Phi) is 1.93. The lowest BCUT2D eigenvalue weighted by Gasteiger charge is -1.88. The van der Waals surface area contributed by atoms with E-state index >= 15 is 0 Å². The molecule has 0 aromatic carbocycles. The van der Waals surface area contributed by atoms with E-state index in [1.165, 1.54) is 0 Å². The first-order valence-electron chi connectivity index (χ1n) is 2.65. The molecule has 0 aliphatic carbocycles. The predicted molar refractivity (Wildman–Crippen MR) is 46.9 cm³/mol. The van der Waals surface area contributed by atoms with Crippen molar-refractivity contribution in [2.75, 3.05) is 0 Å². The van der Waals surface area contributed by atoms with Crippen LogP contribution < -0.4 is 5.73 Å². The van der Waals surface area contributed by atoms with Gasteiger partial charge in [0.25, 0.3) is 0 Å². The maximum absolute atomic E-state index is 7.04. The number of nitrogen functional groups attached to an aromatic ring is 1. The zero-order valence-electron chi connectivity index (χ0n) is 5.43. The van der Waals surface area contributed by atoms with Crippen molar-refractivity contribution in [1.82, 2.24) is 9.78 Å². The van der Waals surface area contributed by atoms with Gasteiger partial charge in [0.2, 0.25) is 0 Å². The van der Waals surface area contributed by atoms with Crippen molar-refractivity contribution >= 4 is 28.4 Å². The number of hydrogen-bond acceptors (Lipinski definition) is 2. The van der Waals surface area contributed by atoms with Crippen LogP contribution in [-0.4, -0.2) is 15.6 Å². The van der Waals surface area contributed by atoms with Crippen LogP contribution in [-0.2, 0) is 7.05 Å². The first-order chi connectivity index (χ1) is 4.61. The van der Waals surface area contributed by atoms with Crippen LogP contribution in [0.15, 0.2) is 6.07 Å². The Morgan fingerprint density at radius 1 is 1.90 bits per heavy atom. The highest BCUT2D eigenvalue weighted by Crippen LogP contribution is 2.04. The van der Waals surface area contributed by atoms with Crippen LogP contribution in [0.1, 0.15) is 5.69 Å². The molecule has 0 saturated carbocycles. The number of hydrogen-bond donors (Lipinski definition) is 2. The van der Waals surface area contributed by atoms with Gasteiger partial charge in [-0.15, -0.1) is 0 Å². The zero-order chi connectivity index (χ0) is 7.72. The number of rotatable bonds is 1. The quantitative estimate of drug-likeness (QED) is 0.428. The van der Waals surface area contributed by atoms with E-state index < -0.39 is 0 Å². The van der Waals surface area contributed by atoms with Crippen LogP contribution in [0.2, 0.25) is 0 Å². The molecule has 1 aromatic rings. The largest absolute Gasteiger partial charge is 0.382 e. The topological polar surface area (TPSA) is 67.7 Å². The van der Waals surface area contributed by atoms with Gasteiger partial charge in [-0.1, -0.05) is 0 Å². The fourth-order valence-corrected chi connectivity index (χ4v) is 0.979. The van der Waals surface area contributed by atoms with Gasteiger partial charge >= 0.3 is 0 Å². The summed E-state index contributed by atoms with van der Waals surface area (Å²) in [6.07, 6.45) is 0. The van der Waals surface area contributed by atoms with Gasteiger partial charge in [0.05, 0.1) is 3.70 Å². The van der Waals surface area contributed by atoms with E-state index in [1.807, 2.05) is 7.05 Å². The van der Waals surface area contributed by atoms with Crippen LogP contribution in [0, 0.1) is 9.11 Å². The van der Waals surface area contributed by atoms with Crippen LogP contribution in [0.25, 0.3) is 0 Å². The molecule has 1 heterocycles. The summed E-state index contributed by atoms with van der Waals surface area (Å²) in [6.45, 7) is 0. The first-order valence-corrected chi connectivity index (χ1v) is 3.73. The molecule has 10 heavy (non-hydrogen) atoms. The van der Waals surface area contributed by atoms with Gasteiger partial charge in [-0.25, -0.2) is 0 Å². The molecule has 0 fully saturated rings. The summed E-state index contributed by atoms with van der Waals surface area (Å²) in [4.78, 5) is 0. The summed E-state index contributed by atoms with van der Waals surface area (Å²) in [5, 5.41) is 11.0. The fourth-order valence-electron chi connectivity index (χ4n) is 0.576. The van der Waals surface area contributed by atoms with Gasteiger partial charge in [-0.05, 0) is 22.6 Å². The number of aromatic nitrogens is 2. The van der Waals surface area contributed by atoms with Crippen LogP contribution in [0.3, 0.4) is 0 Å². The number of nitrogens with zero attached hydrogens (tertiary/aromatic N) is 2. The molecule has 1 rings (SSSR count). The van der Waals surface area contributed by atoms with E-state index in [9.17, 15) is 0 Å². The van der Waals surface area contributed by atoms with Crippen molar-refractivity contribution in [3.8, 4) is 0 Å². The number of nitrogens with two attached hydrogens (primary N) is 1. The maximum Gasteiger partial charge on any atom is 0.143 e. The van der Waals surface area contributed by atoms with Crippen LogP contribution in [0.5, 0.6) is 0 Å². The molecule has 1 aromatic heterocycles. The van der Waals surface area contributed by atoms with Gasteiger partial charge in [-0.2, -0.15) is 5.10 Å². The lowest BCUT2D eigenvalue weighted by Crippen LogP contribution is -2.11. The SMILES string of the molecule is Cn1nc(C(=N)N)cc1I. The second kappa shape index (κ2) is 2.57. The van der Waals surface area contributed by atoms with Crippen molar-refractivity contribution in [1.29, 1.82) is 5.41 Å². The molecule has 0 aliphatic heterocycles. The van der Waals surface area contributed by atoms with E-state index in [2.05, 4.69) is 27.7 Å². The Balaban J connectivity index is 3.10. The van der Waals surface area contributed by atoms with Crippen molar-refractivity contribution in [3.63, 3.8) is 0 Å². The molecule has 0 amide bonds. The highest BCUT2D eigenvalue weighted by molar-refractivity contribution is 14.1. The Hall–Kier alpha value is -0.590. The molecule has 0 aliphatic rings. The summed E-state index contributed by atoms with van der Waals surface area (Å²) in [5.41, 5.74) is 5.73. The third-order valence-electron chi connectivity index (χ3n) is 1.10. The maximum atomic E-state index is 7.04. The van der Waals surface area contributed by atoms with E-state index in [4.69, 9.17) is 11.1 Å². The van der Waals surface area contributed by atoms with Gasteiger partial charge < -0.3 is 5.73 Å². The highest BCUT2D eigenvalue weighted by atomic mass is 127. The minimum Gasteiger partial charge on any atom is -0.382 e. The molecule has 3 N–H and O–H groups in total.